The molecule has 0 fully saturated rings. The Morgan fingerprint density at radius 2 is 2.50 bits per heavy atom. The normalized spacial score (nSPS) is 12.1. The summed E-state index contributed by atoms with van der Waals surface area (Å²) in [5.74, 6) is -0.826. The van der Waals surface area contributed by atoms with E-state index >= 15 is 0 Å². The minimum atomic E-state index is -0.826. The van der Waals surface area contributed by atoms with Crippen LogP contribution in [0.25, 0.3) is 0 Å². The topological polar surface area (TPSA) is 85.5 Å². The molecular weight excluding hydrogens is 249 g/mol. The van der Waals surface area contributed by atoms with E-state index < -0.39 is 9.89 Å². The minimum Gasteiger partial charge on any atom is -0.480 e. The Hall–Kier alpha value is -0.400. The summed E-state index contributed by atoms with van der Waals surface area (Å²) >= 11 is 1.83. The number of hydrogen-bond acceptors (Lipinski definition) is 3. The first-order chi connectivity index (χ1) is 4.68. The number of hydrogen-bond donors (Lipinski definition) is 3. The Morgan fingerprint density at radius 1 is 1.90 bits per heavy atom. The lowest BCUT2D eigenvalue weighted by atomic mass is 10.3. The molecule has 1 atom stereocenters. The fourth-order valence-corrected chi connectivity index (χ4v) is 0.682. The van der Waals surface area contributed by atoms with Crippen LogP contribution in [0.1, 0.15) is 6.42 Å². The molecular formula is C4H8IN3O2. The molecule has 0 aliphatic heterocycles. The van der Waals surface area contributed by atoms with Crippen molar-refractivity contribution >= 4 is 28.6 Å². The molecule has 0 saturated heterocycles. The molecule has 5 nitrogen and oxygen atoms in total. The molecule has 58 valence electrons. The van der Waals surface area contributed by atoms with Crippen molar-refractivity contribution in [2.24, 2.45) is 5.22 Å². The van der Waals surface area contributed by atoms with Gasteiger partial charge >= 0.3 is 5.97 Å². The SMILES string of the molecule is N=NNCCC(I)C(=O)O. The fraction of sp³-hybridized carbons (Fsp3) is 0.750. The predicted octanol–water partition coefficient (Wildman–Crippen LogP) is 0.800. The monoisotopic (exact) mass is 257 g/mol. The van der Waals surface area contributed by atoms with E-state index in [9.17, 15) is 4.79 Å². The van der Waals surface area contributed by atoms with Gasteiger partial charge in [-0.15, -0.1) is 0 Å². The molecule has 6 heteroatoms. The maximum Gasteiger partial charge on any atom is 0.316 e. The van der Waals surface area contributed by atoms with Gasteiger partial charge in [-0.25, -0.2) is 0 Å². The lowest BCUT2D eigenvalue weighted by Crippen LogP contribution is -2.18. The van der Waals surface area contributed by atoms with Crippen molar-refractivity contribution in [3.05, 3.63) is 0 Å². The van der Waals surface area contributed by atoms with Gasteiger partial charge in [0, 0.05) is 6.54 Å². The third-order valence-corrected chi connectivity index (χ3v) is 2.01. The zero-order chi connectivity index (χ0) is 7.98. The second-order valence-corrected chi connectivity index (χ2v) is 3.12. The molecule has 1 unspecified atom stereocenters. The highest BCUT2D eigenvalue weighted by molar-refractivity contribution is 14.1. The van der Waals surface area contributed by atoms with Gasteiger partial charge in [-0.3, -0.25) is 10.2 Å². The maximum atomic E-state index is 10.2. The van der Waals surface area contributed by atoms with Crippen LogP contribution < -0.4 is 5.43 Å². The molecule has 0 spiro atoms. The van der Waals surface area contributed by atoms with Crippen LogP contribution in [0.2, 0.25) is 0 Å². The van der Waals surface area contributed by atoms with E-state index in [1.54, 1.807) is 0 Å². The predicted molar refractivity (Wildman–Crippen MR) is 43.2 cm³/mol. The average Bonchev–Trinajstić information content (AvgIpc) is 1.88. The van der Waals surface area contributed by atoms with E-state index in [4.69, 9.17) is 10.6 Å². The van der Waals surface area contributed by atoms with E-state index in [0.29, 0.717) is 13.0 Å². The molecule has 0 bridgehead atoms. The van der Waals surface area contributed by atoms with Crippen molar-refractivity contribution < 1.29 is 9.90 Å². The van der Waals surface area contributed by atoms with Crippen molar-refractivity contribution in [3.63, 3.8) is 0 Å². The highest BCUT2D eigenvalue weighted by Crippen LogP contribution is 2.04. The van der Waals surface area contributed by atoms with Crippen LogP contribution in [0.4, 0.5) is 0 Å². The number of nitrogens with zero attached hydrogens (tertiary/aromatic N) is 1. The van der Waals surface area contributed by atoms with Crippen LogP contribution >= 0.6 is 22.6 Å². The summed E-state index contributed by atoms with van der Waals surface area (Å²) < 4.78 is -0.396. The first-order valence-electron chi connectivity index (χ1n) is 2.64. The summed E-state index contributed by atoms with van der Waals surface area (Å²) in [6.07, 6.45) is 0.484. The van der Waals surface area contributed by atoms with Gasteiger partial charge in [0.15, 0.2) is 0 Å². The summed E-state index contributed by atoms with van der Waals surface area (Å²) in [7, 11) is 0. The number of carbonyl (C=O) groups is 1. The lowest BCUT2D eigenvalue weighted by molar-refractivity contribution is -0.136. The van der Waals surface area contributed by atoms with Gasteiger partial charge in [0.05, 0.1) is 0 Å². The van der Waals surface area contributed by atoms with Gasteiger partial charge in [-0.05, 0) is 6.42 Å². The fourth-order valence-electron chi connectivity index (χ4n) is 0.371. The molecule has 10 heavy (non-hydrogen) atoms. The number of alkyl halides is 1. The first kappa shape index (κ1) is 9.60. The number of rotatable bonds is 5. The number of carboxylic acids is 1. The smallest absolute Gasteiger partial charge is 0.316 e. The van der Waals surface area contributed by atoms with Crippen molar-refractivity contribution in [2.45, 2.75) is 10.3 Å². The molecule has 0 aliphatic carbocycles. The van der Waals surface area contributed by atoms with Crippen molar-refractivity contribution in [2.75, 3.05) is 6.54 Å². The van der Waals surface area contributed by atoms with E-state index in [1.165, 1.54) is 0 Å². The maximum absolute atomic E-state index is 10.2. The summed E-state index contributed by atoms with van der Waals surface area (Å²) in [6.45, 7) is 0.434. The van der Waals surface area contributed by atoms with Gasteiger partial charge < -0.3 is 5.11 Å². The second-order valence-electron chi connectivity index (χ2n) is 1.61. The third-order valence-electron chi connectivity index (χ3n) is 0.857. The Labute approximate surface area is 71.8 Å². The molecule has 0 aromatic heterocycles. The lowest BCUT2D eigenvalue weighted by Gasteiger charge is -2.01. The number of carboxylic acid groups (broad SMARTS) is 1. The van der Waals surface area contributed by atoms with Gasteiger partial charge in [0.1, 0.15) is 3.92 Å². The Balaban J connectivity index is 3.30. The second kappa shape index (κ2) is 5.39. The van der Waals surface area contributed by atoms with Crippen LogP contribution in [0, 0.1) is 5.53 Å². The van der Waals surface area contributed by atoms with Crippen LogP contribution in [0.3, 0.4) is 0 Å². The highest BCUT2D eigenvalue weighted by atomic mass is 127. The van der Waals surface area contributed by atoms with Crippen molar-refractivity contribution in [3.8, 4) is 0 Å². The molecule has 3 N–H and O–H groups in total. The summed E-state index contributed by atoms with van der Waals surface area (Å²) in [5, 5.41) is 11.2. The molecule has 0 heterocycles. The zero-order valence-electron chi connectivity index (χ0n) is 5.17. The van der Waals surface area contributed by atoms with Crippen molar-refractivity contribution in [1.82, 2.24) is 5.43 Å². The average molecular weight is 257 g/mol. The Bertz CT molecular complexity index is 130. The molecule has 0 rings (SSSR count). The first-order valence-corrected chi connectivity index (χ1v) is 3.89. The standard InChI is InChI=1S/C4H8IN3O2/c5-3(4(9)10)1-2-7-8-6/h3H,1-2H2,(H2,6,7)(H,9,10). The quantitative estimate of drug-likeness (QED) is 0.224. The third kappa shape index (κ3) is 4.48. The van der Waals surface area contributed by atoms with Crippen LogP contribution in [0.15, 0.2) is 5.22 Å². The van der Waals surface area contributed by atoms with E-state index in [1.807, 2.05) is 22.6 Å². The largest absolute Gasteiger partial charge is 0.480 e. The van der Waals surface area contributed by atoms with Gasteiger partial charge in [-0.1, -0.05) is 27.8 Å². The van der Waals surface area contributed by atoms with Gasteiger partial charge in [0.2, 0.25) is 0 Å². The van der Waals surface area contributed by atoms with E-state index in [2.05, 4.69) is 10.6 Å². The van der Waals surface area contributed by atoms with Crippen molar-refractivity contribution in [1.29, 1.82) is 5.53 Å². The van der Waals surface area contributed by atoms with Gasteiger partial charge in [0.25, 0.3) is 0 Å². The Kier molecular flexibility index (Phi) is 5.17. The summed E-state index contributed by atoms with van der Waals surface area (Å²) in [4.78, 5) is 10.2. The van der Waals surface area contributed by atoms with Crippen LogP contribution in [-0.2, 0) is 4.79 Å². The Morgan fingerprint density at radius 3 is 2.90 bits per heavy atom. The molecule has 0 radical (unpaired) electrons. The van der Waals surface area contributed by atoms with E-state index in [-0.39, 0.29) is 0 Å². The summed E-state index contributed by atoms with van der Waals surface area (Å²) in [5.41, 5.74) is 8.68. The highest BCUT2D eigenvalue weighted by Gasteiger charge is 2.10. The number of nitrogens with one attached hydrogen (secondary N) is 2. The number of aliphatic carboxylic acids is 1. The van der Waals surface area contributed by atoms with Crippen LogP contribution in [-0.4, -0.2) is 21.5 Å². The van der Waals surface area contributed by atoms with Crippen LogP contribution in [0.5, 0.6) is 0 Å². The number of halogens is 1. The zero-order valence-corrected chi connectivity index (χ0v) is 7.33. The van der Waals surface area contributed by atoms with Gasteiger partial charge in [-0.2, -0.15) is 5.53 Å². The molecule has 0 amide bonds. The molecule has 0 aromatic rings. The summed E-state index contributed by atoms with van der Waals surface area (Å²) in [6, 6.07) is 0. The molecule has 0 aromatic carbocycles. The van der Waals surface area contributed by atoms with E-state index in [0.717, 1.165) is 0 Å². The molecule has 0 aliphatic rings. The molecule has 0 saturated carbocycles. The minimum absolute atomic E-state index is 0.396.